The molecule has 0 aliphatic heterocycles. The van der Waals surface area contributed by atoms with E-state index < -0.39 is 0 Å². The molecule has 3 heteroatoms. The fourth-order valence-corrected chi connectivity index (χ4v) is 2.39. The molecule has 1 aliphatic rings. The predicted octanol–water partition coefficient (Wildman–Crippen LogP) is 3.57. The molecule has 0 bridgehead atoms. The van der Waals surface area contributed by atoms with Gasteiger partial charge in [-0.1, -0.05) is 6.07 Å². The van der Waals surface area contributed by atoms with Crippen LogP contribution in [-0.4, -0.2) is 25.2 Å². The maximum absolute atomic E-state index is 6.02. The van der Waals surface area contributed by atoms with Crippen molar-refractivity contribution in [2.24, 2.45) is 0 Å². The molecule has 0 radical (unpaired) electrons. The van der Waals surface area contributed by atoms with Gasteiger partial charge in [0.2, 0.25) is 0 Å². The third kappa shape index (κ3) is 4.14. The monoisotopic (exact) mass is 276 g/mol. The number of ether oxygens (including phenoxy) is 1. The summed E-state index contributed by atoms with van der Waals surface area (Å²) in [6, 6.07) is 7.36. The number of hydrogen-bond acceptors (Lipinski definition) is 3. The molecule has 112 valence electrons. The van der Waals surface area contributed by atoms with E-state index in [2.05, 4.69) is 56.1 Å². The van der Waals surface area contributed by atoms with E-state index in [-0.39, 0.29) is 6.10 Å². The number of nitrogens with zero attached hydrogens (tertiary/aromatic N) is 1. The van der Waals surface area contributed by atoms with Crippen molar-refractivity contribution in [2.45, 2.75) is 59.2 Å². The Kier molecular flexibility index (Phi) is 5.30. The first kappa shape index (κ1) is 15.2. The molecule has 0 spiro atoms. The standard InChI is InChI=1S/C17H28N2O/c1-5-19(6-2)16-10-7-14(12-18-15-8-9-15)11-17(16)20-13(3)4/h7,10-11,13,15,18H,5-6,8-9,12H2,1-4H3. The van der Waals surface area contributed by atoms with Gasteiger partial charge < -0.3 is 15.0 Å². The SMILES string of the molecule is CCN(CC)c1ccc(CNC2CC2)cc1OC(C)C. The minimum Gasteiger partial charge on any atom is -0.489 e. The van der Waals surface area contributed by atoms with E-state index in [0.717, 1.165) is 31.4 Å². The zero-order valence-electron chi connectivity index (χ0n) is 13.3. The summed E-state index contributed by atoms with van der Waals surface area (Å²) in [4.78, 5) is 2.34. The molecule has 0 saturated heterocycles. The van der Waals surface area contributed by atoms with Gasteiger partial charge in [-0.3, -0.25) is 0 Å². The average Bonchev–Trinajstić information content (AvgIpc) is 3.23. The average molecular weight is 276 g/mol. The van der Waals surface area contributed by atoms with Gasteiger partial charge in [-0.2, -0.15) is 0 Å². The van der Waals surface area contributed by atoms with Crippen molar-refractivity contribution in [3.8, 4) is 5.75 Å². The Morgan fingerprint density at radius 2 is 1.95 bits per heavy atom. The van der Waals surface area contributed by atoms with Gasteiger partial charge in [-0.05, 0) is 58.2 Å². The van der Waals surface area contributed by atoms with E-state index in [4.69, 9.17) is 4.74 Å². The molecule has 1 aromatic carbocycles. The number of anilines is 1. The van der Waals surface area contributed by atoms with Gasteiger partial charge in [0.15, 0.2) is 0 Å². The molecule has 20 heavy (non-hydrogen) atoms. The topological polar surface area (TPSA) is 24.5 Å². The lowest BCUT2D eigenvalue weighted by Crippen LogP contribution is -2.23. The Bertz CT molecular complexity index is 423. The first-order valence-corrected chi connectivity index (χ1v) is 7.92. The second-order valence-corrected chi connectivity index (χ2v) is 5.80. The van der Waals surface area contributed by atoms with Crippen molar-refractivity contribution >= 4 is 5.69 Å². The summed E-state index contributed by atoms with van der Waals surface area (Å²) in [5, 5.41) is 3.56. The Labute approximate surface area is 123 Å². The smallest absolute Gasteiger partial charge is 0.143 e. The highest BCUT2D eigenvalue weighted by Crippen LogP contribution is 2.31. The molecule has 0 atom stereocenters. The van der Waals surface area contributed by atoms with Crippen LogP contribution in [0.25, 0.3) is 0 Å². The lowest BCUT2D eigenvalue weighted by Gasteiger charge is -2.25. The Morgan fingerprint density at radius 3 is 2.50 bits per heavy atom. The van der Waals surface area contributed by atoms with E-state index in [1.165, 1.54) is 24.1 Å². The third-order valence-corrected chi connectivity index (χ3v) is 3.66. The molecule has 0 heterocycles. The van der Waals surface area contributed by atoms with Crippen LogP contribution in [0.5, 0.6) is 5.75 Å². The lowest BCUT2D eigenvalue weighted by atomic mass is 10.1. The minimum atomic E-state index is 0.205. The highest BCUT2D eigenvalue weighted by Gasteiger charge is 2.20. The van der Waals surface area contributed by atoms with Crippen LogP contribution in [0, 0.1) is 0 Å². The molecular weight excluding hydrogens is 248 g/mol. The van der Waals surface area contributed by atoms with Crippen molar-refractivity contribution in [2.75, 3.05) is 18.0 Å². The number of rotatable bonds is 8. The van der Waals surface area contributed by atoms with Gasteiger partial charge in [0, 0.05) is 25.7 Å². The van der Waals surface area contributed by atoms with Gasteiger partial charge in [0.25, 0.3) is 0 Å². The van der Waals surface area contributed by atoms with E-state index >= 15 is 0 Å². The molecule has 1 aromatic rings. The van der Waals surface area contributed by atoms with Crippen LogP contribution in [0.3, 0.4) is 0 Å². The molecule has 0 aromatic heterocycles. The fourth-order valence-electron chi connectivity index (χ4n) is 2.39. The molecular formula is C17H28N2O. The maximum Gasteiger partial charge on any atom is 0.143 e. The van der Waals surface area contributed by atoms with E-state index in [1.807, 2.05) is 0 Å². The van der Waals surface area contributed by atoms with Crippen molar-refractivity contribution in [3.05, 3.63) is 23.8 Å². The molecule has 1 saturated carbocycles. The maximum atomic E-state index is 6.02. The predicted molar refractivity (Wildman–Crippen MR) is 85.6 cm³/mol. The van der Waals surface area contributed by atoms with Crippen molar-refractivity contribution in [1.82, 2.24) is 5.32 Å². The summed E-state index contributed by atoms with van der Waals surface area (Å²) >= 11 is 0. The Balaban J connectivity index is 2.16. The zero-order chi connectivity index (χ0) is 14.5. The number of benzene rings is 1. The second-order valence-electron chi connectivity index (χ2n) is 5.80. The second kappa shape index (κ2) is 6.98. The van der Waals surface area contributed by atoms with E-state index in [9.17, 15) is 0 Å². The Hall–Kier alpha value is -1.22. The van der Waals surface area contributed by atoms with Crippen molar-refractivity contribution in [1.29, 1.82) is 0 Å². The zero-order valence-corrected chi connectivity index (χ0v) is 13.3. The first-order valence-electron chi connectivity index (χ1n) is 7.92. The third-order valence-electron chi connectivity index (χ3n) is 3.66. The summed E-state index contributed by atoms with van der Waals surface area (Å²) in [5.41, 5.74) is 2.52. The first-order chi connectivity index (χ1) is 9.63. The number of nitrogens with one attached hydrogen (secondary N) is 1. The van der Waals surface area contributed by atoms with Crippen LogP contribution >= 0.6 is 0 Å². The van der Waals surface area contributed by atoms with Crippen molar-refractivity contribution < 1.29 is 4.74 Å². The molecule has 1 fully saturated rings. The van der Waals surface area contributed by atoms with E-state index in [1.54, 1.807) is 0 Å². The largest absolute Gasteiger partial charge is 0.489 e. The number of hydrogen-bond donors (Lipinski definition) is 1. The molecule has 0 unspecified atom stereocenters. The fraction of sp³-hybridized carbons (Fsp3) is 0.647. The summed E-state index contributed by atoms with van der Waals surface area (Å²) in [5.74, 6) is 1.01. The van der Waals surface area contributed by atoms with Gasteiger partial charge in [0.05, 0.1) is 11.8 Å². The van der Waals surface area contributed by atoms with E-state index in [0.29, 0.717) is 0 Å². The lowest BCUT2D eigenvalue weighted by molar-refractivity contribution is 0.242. The molecule has 2 rings (SSSR count). The van der Waals surface area contributed by atoms with Gasteiger partial charge in [0.1, 0.15) is 5.75 Å². The van der Waals surface area contributed by atoms with Crippen LogP contribution in [0.2, 0.25) is 0 Å². The molecule has 0 amide bonds. The van der Waals surface area contributed by atoms with Crippen LogP contribution in [0.15, 0.2) is 18.2 Å². The molecule has 1 N–H and O–H groups in total. The van der Waals surface area contributed by atoms with Crippen molar-refractivity contribution in [3.63, 3.8) is 0 Å². The Morgan fingerprint density at radius 1 is 1.25 bits per heavy atom. The van der Waals surface area contributed by atoms with Gasteiger partial charge in [-0.15, -0.1) is 0 Å². The summed E-state index contributed by atoms with van der Waals surface area (Å²) < 4.78 is 6.02. The summed E-state index contributed by atoms with van der Waals surface area (Å²) in [6.45, 7) is 11.5. The highest BCUT2D eigenvalue weighted by molar-refractivity contribution is 5.59. The summed E-state index contributed by atoms with van der Waals surface area (Å²) in [7, 11) is 0. The molecule has 1 aliphatic carbocycles. The normalized spacial score (nSPS) is 14.7. The highest BCUT2D eigenvalue weighted by atomic mass is 16.5. The van der Waals surface area contributed by atoms with Crippen LogP contribution in [0.1, 0.15) is 46.1 Å². The van der Waals surface area contributed by atoms with Gasteiger partial charge in [-0.25, -0.2) is 0 Å². The van der Waals surface area contributed by atoms with Crippen LogP contribution < -0.4 is 15.0 Å². The van der Waals surface area contributed by atoms with Gasteiger partial charge >= 0.3 is 0 Å². The molecule has 3 nitrogen and oxygen atoms in total. The quantitative estimate of drug-likeness (QED) is 0.785. The van der Waals surface area contributed by atoms with Crippen LogP contribution in [-0.2, 0) is 6.54 Å². The minimum absolute atomic E-state index is 0.205. The van der Waals surface area contributed by atoms with Crippen LogP contribution in [0.4, 0.5) is 5.69 Å². The summed E-state index contributed by atoms with van der Waals surface area (Å²) in [6.07, 6.45) is 2.86.